The third-order valence-corrected chi connectivity index (χ3v) is 3.47. The Morgan fingerprint density at radius 1 is 1.41 bits per heavy atom. The molecule has 0 saturated carbocycles. The summed E-state index contributed by atoms with van der Waals surface area (Å²) in [6.45, 7) is 1.14. The van der Waals surface area contributed by atoms with Gasteiger partial charge in [0.1, 0.15) is 5.75 Å². The van der Waals surface area contributed by atoms with Gasteiger partial charge in [0.25, 0.3) is 0 Å². The molecule has 3 nitrogen and oxygen atoms in total. The molecular weight excluding hydrogens is 212 g/mol. The van der Waals surface area contributed by atoms with Gasteiger partial charge in [-0.15, -0.1) is 0 Å². The van der Waals surface area contributed by atoms with Gasteiger partial charge in [-0.3, -0.25) is 0 Å². The number of nitrogens with zero attached hydrogens (tertiary/aromatic N) is 1. The van der Waals surface area contributed by atoms with Crippen molar-refractivity contribution in [1.82, 2.24) is 10.2 Å². The molecule has 17 heavy (non-hydrogen) atoms. The molecule has 1 aliphatic heterocycles. The molecule has 2 atom stereocenters. The molecule has 1 aromatic carbocycles. The van der Waals surface area contributed by atoms with Crippen LogP contribution >= 0.6 is 0 Å². The van der Waals surface area contributed by atoms with Crippen molar-refractivity contribution in [3.8, 4) is 5.75 Å². The van der Waals surface area contributed by atoms with E-state index in [0.29, 0.717) is 12.1 Å². The van der Waals surface area contributed by atoms with E-state index in [9.17, 15) is 0 Å². The van der Waals surface area contributed by atoms with Crippen molar-refractivity contribution in [2.24, 2.45) is 0 Å². The minimum Gasteiger partial charge on any atom is -0.497 e. The highest BCUT2D eigenvalue weighted by Crippen LogP contribution is 2.29. The van der Waals surface area contributed by atoms with Crippen molar-refractivity contribution in [3.63, 3.8) is 0 Å². The van der Waals surface area contributed by atoms with Gasteiger partial charge < -0.3 is 15.0 Å². The predicted molar refractivity (Wildman–Crippen MR) is 70.4 cm³/mol. The Kier molecular flexibility index (Phi) is 4.02. The van der Waals surface area contributed by atoms with E-state index in [-0.39, 0.29) is 0 Å². The molecule has 0 bridgehead atoms. The van der Waals surface area contributed by atoms with E-state index in [1.54, 1.807) is 7.11 Å². The number of benzene rings is 1. The summed E-state index contributed by atoms with van der Waals surface area (Å²) in [6, 6.07) is 9.38. The monoisotopic (exact) mass is 234 g/mol. The summed E-state index contributed by atoms with van der Waals surface area (Å²) in [7, 11) is 6.01. The lowest BCUT2D eigenvalue weighted by Gasteiger charge is -2.30. The van der Waals surface area contributed by atoms with E-state index in [4.69, 9.17) is 4.74 Å². The van der Waals surface area contributed by atoms with Crippen LogP contribution in [0.15, 0.2) is 24.3 Å². The lowest BCUT2D eigenvalue weighted by molar-refractivity contribution is 0.243. The summed E-state index contributed by atoms with van der Waals surface area (Å²) < 4.78 is 5.31. The van der Waals surface area contributed by atoms with Crippen LogP contribution in [0.5, 0.6) is 5.75 Å². The summed E-state index contributed by atoms with van der Waals surface area (Å²) in [5.74, 6) is 0.937. The smallest absolute Gasteiger partial charge is 0.119 e. The Morgan fingerprint density at radius 2 is 2.24 bits per heavy atom. The van der Waals surface area contributed by atoms with Crippen LogP contribution in [0.25, 0.3) is 0 Å². The minimum absolute atomic E-state index is 0.424. The molecule has 1 aliphatic rings. The maximum absolute atomic E-state index is 5.31. The van der Waals surface area contributed by atoms with Gasteiger partial charge in [-0.05, 0) is 51.2 Å². The molecule has 2 unspecified atom stereocenters. The molecule has 1 fully saturated rings. The number of methoxy groups -OCH3 is 1. The van der Waals surface area contributed by atoms with Gasteiger partial charge in [-0.1, -0.05) is 12.1 Å². The van der Waals surface area contributed by atoms with E-state index in [1.165, 1.54) is 18.4 Å². The molecule has 1 heterocycles. The van der Waals surface area contributed by atoms with Crippen LogP contribution in [0.4, 0.5) is 0 Å². The molecule has 94 valence electrons. The van der Waals surface area contributed by atoms with Crippen molar-refractivity contribution in [2.45, 2.75) is 24.9 Å². The van der Waals surface area contributed by atoms with Crippen LogP contribution in [-0.2, 0) is 0 Å². The van der Waals surface area contributed by atoms with Crippen LogP contribution in [0, 0.1) is 0 Å². The average Bonchev–Trinajstić information content (AvgIpc) is 2.83. The fraction of sp³-hybridized carbons (Fsp3) is 0.571. The number of nitrogens with one attached hydrogen (secondary N) is 1. The van der Waals surface area contributed by atoms with Crippen LogP contribution in [0.1, 0.15) is 24.4 Å². The molecule has 0 radical (unpaired) electrons. The van der Waals surface area contributed by atoms with E-state index >= 15 is 0 Å². The van der Waals surface area contributed by atoms with Crippen molar-refractivity contribution >= 4 is 0 Å². The summed E-state index contributed by atoms with van der Waals surface area (Å²) in [5, 5.41) is 3.59. The first-order valence-corrected chi connectivity index (χ1v) is 6.26. The average molecular weight is 234 g/mol. The molecular formula is C14H22N2O. The van der Waals surface area contributed by atoms with Crippen LogP contribution in [-0.4, -0.2) is 38.7 Å². The Balaban J connectivity index is 2.24. The Hall–Kier alpha value is -1.06. The topological polar surface area (TPSA) is 24.5 Å². The summed E-state index contributed by atoms with van der Waals surface area (Å²) >= 11 is 0. The zero-order valence-electron chi connectivity index (χ0n) is 10.9. The van der Waals surface area contributed by atoms with Crippen molar-refractivity contribution < 1.29 is 4.74 Å². The first kappa shape index (κ1) is 12.4. The molecule has 0 amide bonds. The first-order valence-electron chi connectivity index (χ1n) is 6.26. The highest BCUT2D eigenvalue weighted by atomic mass is 16.5. The van der Waals surface area contributed by atoms with Crippen molar-refractivity contribution in [2.75, 3.05) is 27.7 Å². The maximum atomic E-state index is 5.31. The number of hydrogen-bond acceptors (Lipinski definition) is 3. The number of ether oxygens (including phenoxy) is 1. The summed E-state index contributed by atoms with van der Waals surface area (Å²) in [4.78, 5) is 2.29. The Labute approximate surface area is 104 Å². The van der Waals surface area contributed by atoms with Crippen LogP contribution < -0.4 is 10.1 Å². The fourth-order valence-electron chi connectivity index (χ4n) is 2.70. The SMILES string of the molecule is COc1cccc(C(C2CCCN2)N(C)C)c1. The van der Waals surface area contributed by atoms with Crippen molar-refractivity contribution in [3.05, 3.63) is 29.8 Å². The highest BCUT2D eigenvalue weighted by Gasteiger charge is 2.27. The molecule has 3 heteroatoms. The molecule has 2 rings (SSSR count). The third-order valence-electron chi connectivity index (χ3n) is 3.47. The van der Waals surface area contributed by atoms with E-state index in [0.717, 1.165) is 12.3 Å². The first-order chi connectivity index (χ1) is 8.22. The largest absolute Gasteiger partial charge is 0.497 e. The van der Waals surface area contributed by atoms with Crippen molar-refractivity contribution in [1.29, 1.82) is 0 Å². The van der Waals surface area contributed by atoms with Gasteiger partial charge in [0, 0.05) is 12.1 Å². The normalized spacial score (nSPS) is 21.8. The third kappa shape index (κ3) is 2.79. The number of hydrogen-bond donors (Lipinski definition) is 1. The lowest BCUT2D eigenvalue weighted by atomic mass is 9.97. The second-order valence-electron chi connectivity index (χ2n) is 4.89. The maximum Gasteiger partial charge on any atom is 0.119 e. The number of likely N-dealkylation sites (N-methyl/N-ethyl adjacent to an activating group) is 1. The van der Waals surface area contributed by atoms with Gasteiger partial charge in [-0.25, -0.2) is 0 Å². The number of rotatable bonds is 4. The van der Waals surface area contributed by atoms with Gasteiger partial charge in [0.2, 0.25) is 0 Å². The quantitative estimate of drug-likeness (QED) is 0.863. The second-order valence-corrected chi connectivity index (χ2v) is 4.89. The summed E-state index contributed by atoms with van der Waals surface area (Å²) in [5.41, 5.74) is 1.33. The Morgan fingerprint density at radius 3 is 2.82 bits per heavy atom. The zero-order chi connectivity index (χ0) is 12.3. The van der Waals surface area contributed by atoms with Crippen LogP contribution in [0.2, 0.25) is 0 Å². The van der Waals surface area contributed by atoms with Gasteiger partial charge in [-0.2, -0.15) is 0 Å². The fourth-order valence-corrected chi connectivity index (χ4v) is 2.70. The molecule has 0 aliphatic carbocycles. The van der Waals surface area contributed by atoms with E-state index in [2.05, 4.69) is 42.5 Å². The van der Waals surface area contributed by atoms with Gasteiger partial charge in [0.15, 0.2) is 0 Å². The lowest BCUT2D eigenvalue weighted by Crippen LogP contribution is -2.37. The van der Waals surface area contributed by atoms with Gasteiger partial charge in [0.05, 0.1) is 7.11 Å². The Bertz CT molecular complexity index is 359. The van der Waals surface area contributed by atoms with Crippen LogP contribution in [0.3, 0.4) is 0 Å². The van der Waals surface area contributed by atoms with E-state index < -0.39 is 0 Å². The standard InChI is InChI=1S/C14H22N2O/c1-16(2)14(13-8-5-9-15-13)11-6-4-7-12(10-11)17-3/h4,6-7,10,13-15H,5,8-9H2,1-3H3. The molecule has 1 aromatic rings. The molecule has 1 N–H and O–H groups in total. The predicted octanol–water partition coefficient (Wildman–Crippen LogP) is 2.05. The summed E-state index contributed by atoms with van der Waals surface area (Å²) in [6.07, 6.45) is 2.53. The van der Waals surface area contributed by atoms with E-state index in [1.807, 2.05) is 6.07 Å². The molecule has 0 aromatic heterocycles. The van der Waals surface area contributed by atoms with Gasteiger partial charge >= 0.3 is 0 Å². The zero-order valence-corrected chi connectivity index (χ0v) is 10.9. The highest BCUT2D eigenvalue weighted by molar-refractivity contribution is 5.31. The second kappa shape index (κ2) is 5.52. The minimum atomic E-state index is 0.424. The molecule has 1 saturated heterocycles. The molecule has 0 spiro atoms.